The second kappa shape index (κ2) is 5.91. The summed E-state index contributed by atoms with van der Waals surface area (Å²) in [4.78, 5) is 11.8. The maximum Gasteiger partial charge on any atom is 0.407 e. The summed E-state index contributed by atoms with van der Waals surface area (Å²) < 4.78 is 5.28. The molecule has 0 fully saturated rings. The first-order valence-corrected chi connectivity index (χ1v) is 6.59. The van der Waals surface area contributed by atoms with Crippen LogP contribution in [0.3, 0.4) is 0 Å². The Morgan fingerprint density at radius 1 is 1.11 bits per heavy atom. The molecule has 0 radical (unpaired) electrons. The Hall–Kier alpha value is -0.770. The third kappa shape index (κ3) is 6.24. The van der Waals surface area contributed by atoms with E-state index in [9.17, 15) is 4.79 Å². The van der Waals surface area contributed by atoms with Crippen molar-refractivity contribution >= 4 is 6.09 Å². The second-order valence-corrected chi connectivity index (χ2v) is 7.31. The van der Waals surface area contributed by atoms with Crippen LogP contribution < -0.4 is 11.1 Å². The second-order valence-electron chi connectivity index (χ2n) is 7.31. The lowest BCUT2D eigenvalue weighted by Crippen LogP contribution is -2.56. The van der Waals surface area contributed by atoms with Crippen LogP contribution in [0.2, 0.25) is 0 Å². The topological polar surface area (TPSA) is 64.3 Å². The van der Waals surface area contributed by atoms with Crippen LogP contribution in [-0.4, -0.2) is 23.8 Å². The van der Waals surface area contributed by atoms with E-state index in [1.54, 1.807) is 0 Å². The molecule has 0 aromatic carbocycles. The van der Waals surface area contributed by atoms with E-state index in [0.29, 0.717) is 0 Å². The molecule has 0 heterocycles. The summed E-state index contributed by atoms with van der Waals surface area (Å²) in [6.07, 6.45) is -0.402. The van der Waals surface area contributed by atoms with E-state index >= 15 is 0 Å². The van der Waals surface area contributed by atoms with Crippen molar-refractivity contribution in [1.29, 1.82) is 0 Å². The van der Waals surface area contributed by atoms with Crippen molar-refractivity contribution < 1.29 is 9.53 Å². The lowest BCUT2D eigenvalue weighted by atomic mass is 9.79. The molecule has 4 heteroatoms. The maximum absolute atomic E-state index is 11.8. The summed E-state index contributed by atoms with van der Waals surface area (Å²) in [6, 6.07) is -0.218. The molecule has 3 N–H and O–H groups in total. The number of rotatable bonds is 3. The van der Waals surface area contributed by atoms with Gasteiger partial charge in [0.2, 0.25) is 0 Å². The van der Waals surface area contributed by atoms with Crippen LogP contribution in [0.15, 0.2) is 0 Å². The van der Waals surface area contributed by atoms with Gasteiger partial charge in [0.05, 0.1) is 6.04 Å². The van der Waals surface area contributed by atoms with Gasteiger partial charge in [-0.15, -0.1) is 0 Å². The molecule has 0 bridgehead atoms. The van der Waals surface area contributed by atoms with Gasteiger partial charge in [-0.25, -0.2) is 4.79 Å². The van der Waals surface area contributed by atoms with Gasteiger partial charge in [-0.2, -0.15) is 0 Å². The minimum absolute atomic E-state index is 0.0655. The normalized spacial score (nSPS) is 16.3. The Labute approximate surface area is 112 Å². The quantitative estimate of drug-likeness (QED) is 0.818. The number of carbonyl (C=O) groups is 1. The van der Waals surface area contributed by atoms with Crippen molar-refractivity contribution in [1.82, 2.24) is 5.32 Å². The molecule has 0 aromatic heterocycles. The molecular formula is C14H30N2O2. The van der Waals surface area contributed by atoms with Crippen molar-refractivity contribution in [3.8, 4) is 0 Å². The van der Waals surface area contributed by atoms with E-state index in [1.807, 2.05) is 34.6 Å². The standard InChI is InChI=1S/C14H30N2O2/c1-9(2)10(11(15)13(3,4)5)16-12(17)18-14(6,7)8/h9-11H,15H2,1-8H3,(H,16,17)/t10-,11+/m1/s1. The monoisotopic (exact) mass is 258 g/mol. The Morgan fingerprint density at radius 3 is 1.83 bits per heavy atom. The number of amides is 1. The third-order valence-corrected chi connectivity index (χ3v) is 2.79. The van der Waals surface area contributed by atoms with Crippen LogP contribution in [0.4, 0.5) is 4.79 Å². The molecule has 18 heavy (non-hydrogen) atoms. The molecule has 0 rings (SSSR count). The van der Waals surface area contributed by atoms with E-state index in [4.69, 9.17) is 10.5 Å². The van der Waals surface area contributed by atoms with E-state index in [-0.39, 0.29) is 23.4 Å². The number of alkyl carbamates (subject to hydrolysis) is 1. The summed E-state index contributed by atoms with van der Waals surface area (Å²) in [5, 5.41) is 2.89. The van der Waals surface area contributed by atoms with Gasteiger partial charge >= 0.3 is 6.09 Å². The van der Waals surface area contributed by atoms with Crippen molar-refractivity contribution in [2.45, 2.75) is 73.1 Å². The lowest BCUT2D eigenvalue weighted by Gasteiger charge is -2.37. The fraction of sp³-hybridized carbons (Fsp3) is 0.929. The molecule has 0 aliphatic rings. The van der Waals surface area contributed by atoms with Crippen LogP contribution in [0.1, 0.15) is 55.4 Å². The Balaban J connectivity index is 4.70. The number of nitrogens with two attached hydrogens (primary N) is 1. The molecule has 2 atom stereocenters. The maximum atomic E-state index is 11.8. The van der Waals surface area contributed by atoms with E-state index in [1.165, 1.54) is 0 Å². The van der Waals surface area contributed by atoms with Crippen molar-refractivity contribution in [3.05, 3.63) is 0 Å². The number of ether oxygens (including phenoxy) is 1. The number of nitrogens with one attached hydrogen (secondary N) is 1. The van der Waals surface area contributed by atoms with Crippen LogP contribution >= 0.6 is 0 Å². The molecular weight excluding hydrogens is 228 g/mol. The fourth-order valence-electron chi connectivity index (χ4n) is 1.65. The summed E-state index contributed by atoms with van der Waals surface area (Å²) in [5.41, 5.74) is 5.68. The van der Waals surface area contributed by atoms with Crippen LogP contribution in [0.5, 0.6) is 0 Å². The molecule has 4 nitrogen and oxygen atoms in total. The first-order chi connectivity index (χ1) is 7.84. The van der Waals surface area contributed by atoms with Gasteiger partial charge < -0.3 is 15.8 Å². The zero-order chi connectivity index (χ0) is 14.7. The van der Waals surface area contributed by atoms with Crippen molar-refractivity contribution in [2.75, 3.05) is 0 Å². The number of hydrogen-bond donors (Lipinski definition) is 2. The highest BCUT2D eigenvalue weighted by atomic mass is 16.6. The highest BCUT2D eigenvalue weighted by molar-refractivity contribution is 5.68. The molecule has 0 aliphatic carbocycles. The minimum atomic E-state index is -0.489. The van der Waals surface area contributed by atoms with Crippen molar-refractivity contribution in [3.63, 3.8) is 0 Å². The number of carbonyl (C=O) groups excluding carboxylic acids is 1. The first kappa shape index (κ1) is 17.2. The molecule has 0 saturated heterocycles. The highest BCUT2D eigenvalue weighted by Crippen LogP contribution is 2.23. The molecule has 0 aliphatic heterocycles. The summed E-state index contributed by atoms with van der Waals surface area (Å²) in [6.45, 7) is 15.9. The molecule has 0 spiro atoms. The fourth-order valence-corrected chi connectivity index (χ4v) is 1.65. The summed E-state index contributed by atoms with van der Waals surface area (Å²) >= 11 is 0. The number of hydrogen-bond acceptors (Lipinski definition) is 3. The SMILES string of the molecule is CC(C)[C@@H](NC(=O)OC(C)(C)C)[C@H](N)C(C)(C)C. The predicted molar refractivity (Wildman–Crippen MR) is 75.4 cm³/mol. The summed E-state index contributed by atoms with van der Waals surface area (Å²) in [5.74, 6) is 0.256. The van der Waals surface area contributed by atoms with Gasteiger partial charge in [-0.1, -0.05) is 34.6 Å². The van der Waals surface area contributed by atoms with Crippen molar-refractivity contribution in [2.24, 2.45) is 17.1 Å². The Kier molecular flexibility index (Phi) is 5.66. The van der Waals surface area contributed by atoms with Gasteiger partial charge in [0.25, 0.3) is 0 Å². The van der Waals surface area contributed by atoms with E-state index in [0.717, 1.165) is 0 Å². The molecule has 108 valence electrons. The Bertz CT molecular complexity index is 274. The van der Waals surface area contributed by atoms with Gasteiger partial charge in [0, 0.05) is 6.04 Å². The zero-order valence-corrected chi connectivity index (χ0v) is 13.1. The van der Waals surface area contributed by atoms with Gasteiger partial charge in [0.15, 0.2) is 0 Å². The third-order valence-electron chi connectivity index (χ3n) is 2.79. The zero-order valence-electron chi connectivity index (χ0n) is 13.1. The molecule has 0 aromatic rings. The van der Waals surface area contributed by atoms with Gasteiger partial charge in [-0.05, 0) is 32.1 Å². The smallest absolute Gasteiger partial charge is 0.407 e. The average Bonchev–Trinajstić information content (AvgIpc) is 2.08. The predicted octanol–water partition coefficient (Wildman–Crippen LogP) is 2.91. The average molecular weight is 258 g/mol. The largest absolute Gasteiger partial charge is 0.444 e. The summed E-state index contributed by atoms with van der Waals surface area (Å²) in [7, 11) is 0. The van der Waals surface area contributed by atoms with E-state index < -0.39 is 11.7 Å². The lowest BCUT2D eigenvalue weighted by molar-refractivity contribution is 0.0460. The van der Waals surface area contributed by atoms with Gasteiger partial charge in [-0.3, -0.25) is 0 Å². The molecule has 1 amide bonds. The van der Waals surface area contributed by atoms with Crippen LogP contribution in [-0.2, 0) is 4.74 Å². The first-order valence-electron chi connectivity index (χ1n) is 6.59. The van der Waals surface area contributed by atoms with Crippen LogP contribution in [0.25, 0.3) is 0 Å². The van der Waals surface area contributed by atoms with Gasteiger partial charge in [0.1, 0.15) is 5.60 Å². The van der Waals surface area contributed by atoms with E-state index in [2.05, 4.69) is 26.1 Å². The van der Waals surface area contributed by atoms with Crippen LogP contribution in [0, 0.1) is 11.3 Å². The highest BCUT2D eigenvalue weighted by Gasteiger charge is 2.33. The molecule has 0 unspecified atom stereocenters. The minimum Gasteiger partial charge on any atom is -0.444 e. The Morgan fingerprint density at radius 2 is 1.56 bits per heavy atom. The molecule has 0 saturated carbocycles.